The lowest BCUT2D eigenvalue weighted by molar-refractivity contribution is -0.122. The normalized spacial score (nSPS) is 14.3. The molecule has 2 rings (SSSR count). The zero-order valence-corrected chi connectivity index (χ0v) is 14.7. The van der Waals surface area contributed by atoms with Gasteiger partial charge in [-0.3, -0.25) is 4.79 Å². The fourth-order valence-electron chi connectivity index (χ4n) is 2.62. The molecule has 22 heavy (non-hydrogen) atoms. The second-order valence-corrected chi connectivity index (χ2v) is 8.62. The van der Waals surface area contributed by atoms with Crippen molar-refractivity contribution in [3.8, 4) is 5.75 Å². The van der Waals surface area contributed by atoms with Crippen molar-refractivity contribution in [2.45, 2.75) is 51.2 Å². The fraction of sp³-hybridized carbons (Fsp3) is 0.611. The average molecular weight is 321 g/mol. The monoisotopic (exact) mass is 321 g/mol. The van der Waals surface area contributed by atoms with E-state index >= 15 is 0 Å². The Morgan fingerprint density at radius 2 is 2.05 bits per heavy atom. The van der Waals surface area contributed by atoms with Crippen molar-refractivity contribution in [2.75, 3.05) is 18.9 Å². The molecule has 0 saturated carbocycles. The molecule has 0 aromatic heterocycles. The highest BCUT2D eigenvalue weighted by molar-refractivity contribution is 8.00. The molecule has 0 atom stereocenters. The number of hydrogen-bond donors (Lipinski definition) is 1. The van der Waals surface area contributed by atoms with Crippen LogP contribution in [0.25, 0.3) is 0 Å². The predicted molar refractivity (Wildman–Crippen MR) is 93.8 cm³/mol. The molecule has 0 saturated heterocycles. The minimum atomic E-state index is -0.0390. The van der Waals surface area contributed by atoms with Crippen LogP contribution in [-0.2, 0) is 17.6 Å². The van der Waals surface area contributed by atoms with E-state index in [0.717, 1.165) is 24.3 Å². The van der Waals surface area contributed by atoms with Crippen LogP contribution in [0.4, 0.5) is 0 Å². The summed E-state index contributed by atoms with van der Waals surface area (Å²) in [6.07, 6.45) is 4.66. The Bertz CT molecular complexity index is 508. The van der Waals surface area contributed by atoms with E-state index in [1.165, 1.54) is 24.0 Å². The Morgan fingerprint density at radius 1 is 1.27 bits per heavy atom. The number of ether oxygens (including phenoxy) is 1. The summed E-state index contributed by atoms with van der Waals surface area (Å²) in [7, 11) is 0. The third kappa shape index (κ3) is 5.56. The number of carbonyl (C=O) groups is 1. The number of carbonyl (C=O) groups excluding carboxylic acids is 1. The topological polar surface area (TPSA) is 38.3 Å². The summed E-state index contributed by atoms with van der Waals surface area (Å²) < 4.78 is 5.99. The van der Waals surface area contributed by atoms with Gasteiger partial charge in [0.25, 0.3) is 5.91 Å². The van der Waals surface area contributed by atoms with Crippen molar-refractivity contribution >= 4 is 17.7 Å². The molecule has 0 radical (unpaired) electrons. The molecule has 0 bridgehead atoms. The molecule has 1 N–H and O–H groups in total. The molecule has 1 aromatic rings. The second kappa shape index (κ2) is 7.91. The van der Waals surface area contributed by atoms with E-state index in [1.54, 1.807) is 0 Å². The van der Waals surface area contributed by atoms with Crippen LogP contribution < -0.4 is 10.1 Å². The summed E-state index contributed by atoms with van der Waals surface area (Å²) in [4.78, 5) is 11.9. The van der Waals surface area contributed by atoms with Crippen molar-refractivity contribution in [3.05, 3.63) is 29.3 Å². The number of hydrogen-bond acceptors (Lipinski definition) is 3. The molecule has 122 valence electrons. The van der Waals surface area contributed by atoms with Crippen molar-refractivity contribution < 1.29 is 9.53 Å². The number of thioether (sulfide) groups is 1. The van der Waals surface area contributed by atoms with Crippen molar-refractivity contribution in [2.24, 2.45) is 0 Å². The Labute approximate surface area is 138 Å². The van der Waals surface area contributed by atoms with Gasteiger partial charge in [0.2, 0.25) is 0 Å². The van der Waals surface area contributed by atoms with E-state index in [-0.39, 0.29) is 17.3 Å². The molecule has 3 nitrogen and oxygen atoms in total. The average Bonchev–Trinajstić information content (AvgIpc) is 2.48. The van der Waals surface area contributed by atoms with Crippen LogP contribution in [0.5, 0.6) is 5.75 Å². The molecule has 4 heteroatoms. The number of nitrogens with one attached hydrogen (secondary N) is 1. The highest BCUT2D eigenvalue weighted by Gasteiger charge is 2.15. The number of benzene rings is 1. The lowest BCUT2D eigenvalue weighted by Gasteiger charge is -2.19. The second-order valence-electron chi connectivity index (χ2n) is 6.70. The zero-order chi connectivity index (χ0) is 16.0. The third-order valence-electron chi connectivity index (χ3n) is 3.67. The van der Waals surface area contributed by atoms with Crippen LogP contribution >= 0.6 is 11.8 Å². The maximum Gasteiger partial charge on any atom is 0.257 e. The van der Waals surface area contributed by atoms with Crippen molar-refractivity contribution in [1.29, 1.82) is 0 Å². The molecule has 1 aliphatic carbocycles. The standard InChI is InChI=1S/C18H27NO2S/c1-18(2,3)22-12-11-19-17(20)13-21-16-10-6-8-14-7-4-5-9-15(14)16/h6,8,10H,4-5,7,9,11-13H2,1-3H3,(H,19,20). The first kappa shape index (κ1) is 17.2. The van der Waals surface area contributed by atoms with E-state index in [9.17, 15) is 4.79 Å². The summed E-state index contributed by atoms with van der Waals surface area (Å²) in [5.74, 6) is 1.77. The van der Waals surface area contributed by atoms with Gasteiger partial charge in [-0.25, -0.2) is 0 Å². The Hall–Kier alpha value is -1.16. The van der Waals surface area contributed by atoms with E-state index in [1.807, 2.05) is 23.9 Å². The molecular weight excluding hydrogens is 294 g/mol. The van der Waals surface area contributed by atoms with Crippen LogP contribution in [0.2, 0.25) is 0 Å². The molecular formula is C18H27NO2S. The molecule has 0 fully saturated rings. The molecule has 1 aromatic carbocycles. The number of rotatable bonds is 6. The van der Waals surface area contributed by atoms with E-state index in [4.69, 9.17) is 4.74 Å². The molecule has 0 spiro atoms. The Kier molecular flexibility index (Phi) is 6.18. The Morgan fingerprint density at radius 3 is 2.82 bits per heavy atom. The van der Waals surface area contributed by atoms with Crippen LogP contribution in [0.1, 0.15) is 44.7 Å². The maximum absolute atomic E-state index is 11.9. The molecule has 0 aliphatic heterocycles. The number of aryl methyl sites for hydroxylation is 1. The highest BCUT2D eigenvalue weighted by Crippen LogP contribution is 2.29. The largest absolute Gasteiger partial charge is 0.483 e. The van der Waals surface area contributed by atoms with Gasteiger partial charge in [0.05, 0.1) is 0 Å². The van der Waals surface area contributed by atoms with Gasteiger partial charge in [0.1, 0.15) is 5.75 Å². The first-order valence-corrected chi connectivity index (χ1v) is 9.08. The third-order valence-corrected chi connectivity index (χ3v) is 4.95. The number of amides is 1. The van der Waals surface area contributed by atoms with Crippen molar-refractivity contribution in [3.63, 3.8) is 0 Å². The number of fused-ring (bicyclic) bond motifs is 1. The van der Waals surface area contributed by atoms with Gasteiger partial charge in [-0.05, 0) is 42.9 Å². The SMILES string of the molecule is CC(C)(C)SCCNC(=O)COc1cccc2c1CCCC2. The summed E-state index contributed by atoms with van der Waals surface area (Å²) in [6.45, 7) is 7.34. The van der Waals surface area contributed by atoms with E-state index in [2.05, 4.69) is 32.2 Å². The minimum absolute atomic E-state index is 0.0390. The molecule has 0 heterocycles. The van der Waals surface area contributed by atoms with Crippen LogP contribution in [0, 0.1) is 0 Å². The summed E-state index contributed by atoms with van der Waals surface area (Å²) in [6, 6.07) is 6.18. The van der Waals surface area contributed by atoms with Gasteiger partial charge in [-0.1, -0.05) is 32.9 Å². The van der Waals surface area contributed by atoms with Crippen molar-refractivity contribution in [1.82, 2.24) is 5.32 Å². The van der Waals surface area contributed by atoms with Gasteiger partial charge in [0, 0.05) is 17.0 Å². The van der Waals surface area contributed by atoms with Crippen LogP contribution in [-0.4, -0.2) is 29.6 Å². The molecule has 1 amide bonds. The first-order chi connectivity index (χ1) is 10.5. The summed E-state index contributed by atoms with van der Waals surface area (Å²) in [5, 5.41) is 2.92. The van der Waals surface area contributed by atoms with Crippen LogP contribution in [0.15, 0.2) is 18.2 Å². The smallest absolute Gasteiger partial charge is 0.257 e. The highest BCUT2D eigenvalue weighted by atomic mass is 32.2. The summed E-state index contributed by atoms with van der Waals surface area (Å²) in [5.41, 5.74) is 2.68. The zero-order valence-electron chi connectivity index (χ0n) is 13.9. The predicted octanol–water partition coefficient (Wildman–Crippen LogP) is 3.59. The lowest BCUT2D eigenvalue weighted by atomic mass is 9.91. The minimum Gasteiger partial charge on any atom is -0.483 e. The summed E-state index contributed by atoms with van der Waals surface area (Å²) >= 11 is 1.85. The molecule has 0 unspecified atom stereocenters. The first-order valence-electron chi connectivity index (χ1n) is 8.10. The molecule has 1 aliphatic rings. The maximum atomic E-state index is 11.9. The van der Waals surface area contributed by atoms with Gasteiger partial charge in [-0.15, -0.1) is 0 Å². The van der Waals surface area contributed by atoms with Gasteiger partial charge in [0.15, 0.2) is 6.61 Å². The fourth-order valence-corrected chi connectivity index (χ4v) is 3.44. The van der Waals surface area contributed by atoms with Gasteiger partial charge >= 0.3 is 0 Å². The van der Waals surface area contributed by atoms with Gasteiger partial charge < -0.3 is 10.1 Å². The van der Waals surface area contributed by atoms with E-state index in [0.29, 0.717) is 6.54 Å². The van der Waals surface area contributed by atoms with Gasteiger partial charge in [-0.2, -0.15) is 11.8 Å². The van der Waals surface area contributed by atoms with E-state index < -0.39 is 0 Å². The van der Waals surface area contributed by atoms with Crippen LogP contribution in [0.3, 0.4) is 0 Å². The Balaban J connectivity index is 1.75. The lowest BCUT2D eigenvalue weighted by Crippen LogP contribution is -2.31. The quantitative estimate of drug-likeness (QED) is 0.814.